The van der Waals surface area contributed by atoms with Crippen molar-refractivity contribution in [1.82, 2.24) is 4.98 Å². The van der Waals surface area contributed by atoms with Crippen molar-refractivity contribution in [3.8, 4) is 0 Å². The first-order chi connectivity index (χ1) is 8.11. The lowest BCUT2D eigenvalue weighted by Crippen LogP contribution is -2.24. The summed E-state index contributed by atoms with van der Waals surface area (Å²) in [7, 11) is 0. The van der Waals surface area contributed by atoms with E-state index in [2.05, 4.69) is 4.98 Å². The molecule has 7 heteroatoms. The van der Waals surface area contributed by atoms with Gasteiger partial charge in [-0.3, -0.25) is 9.69 Å². The number of esters is 1. The van der Waals surface area contributed by atoms with Crippen molar-refractivity contribution in [3.05, 3.63) is 12.0 Å². The molecule has 0 spiro atoms. The van der Waals surface area contributed by atoms with Gasteiger partial charge in [-0.25, -0.2) is 9.78 Å². The van der Waals surface area contributed by atoms with Gasteiger partial charge in [-0.15, -0.1) is 11.6 Å². The van der Waals surface area contributed by atoms with Gasteiger partial charge in [0.1, 0.15) is 0 Å². The van der Waals surface area contributed by atoms with E-state index in [9.17, 15) is 9.59 Å². The van der Waals surface area contributed by atoms with Crippen molar-refractivity contribution >= 4 is 29.5 Å². The summed E-state index contributed by atoms with van der Waals surface area (Å²) in [6.45, 7) is 2.28. The number of anilines is 1. The summed E-state index contributed by atoms with van der Waals surface area (Å²) >= 11 is 5.85. The molecular weight excluding hydrogens is 248 g/mol. The van der Waals surface area contributed by atoms with Crippen molar-refractivity contribution < 1.29 is 18.7 Å². The summed E-state index contributed by atoms with van der Waals surface area (Å²) in [5.41, 5.74) is 0. The first kappa shape index (κ1) is 11.9. The van der Waals surface area contributed by atoms with Crippen LogP contribution >= 0.6 is 11.6 Å². The van der Waals surface area contributed by atoms with Crippen LogP contribution < -0.4 is 4.90 Å². The van der Waals surface area contributed by atoms with Crippen molar-refractivity contribution in [2.24, 2.45) is 0 Å². The van der Waals surface area contributed by atoms with Crippen LogP contribution in [0.4, 0.5) is 6.01 Å². The summed E-state index contributed by atoms with van der Waals surface area (Å²) in [6, 6.07) is 0.0844. The monoisotopic (exact) mass is 258 g/mol. The molecule has 1 aliphatic heterocycles. The topological polar surface area (TPSA) is 72.6 Å². The zero-order valence-electron chi connectivity index (χ0n) is 9.18. The van der Waals surface area contributed by atoms with Crippen LogP contribution in [0.1, 0.15) is 23.9 Å². The molecule has 17 heavy (non-hydrogen) atoms. The lowest BCUT2D eigenvalue weighted by Gasteiger charge is -2.09. The highest BCUT2D eigenvalue weighted by Crippen LogP contribution is 2.23. The van der Waals surface area contributed by atoms with Crippen molar-refractivity contribution in [3.63, 3.8) is 0 Å². The smallest absolute Gasteiger partial charge is 0.376 e. The number of hydrogen-bond donors (Lipinski definition) is 0. The van der Waals surface area contributed by atoms with Crippen molar-refractivity contribution in [1.29, 1.82) is 0 Å². The maximum atomic E-state index is 11.5. The molecule has 0 N–H and O–H groups in total. The summed E-state index contributed by atoms with van der Waals surface area (Å²) < 4.78 is 9.91. The van der Waals surface area contributed by atoms with Gasteiger partial charge in [0.05, 0.1) is 18.2 Å². The van der Waals surface area contributed by atoms with Crippen LogP contribution in [0.25, 0.3) is 0 Å². The summed E-state index contributed by atoms with van der Waals surface area (Å²) in [6.07, 6.45) is 1.49. The Labute approximate surface area is 102 Å². The average Bonchev–Trinajstić information content (AvgIpc) is 2.85. The van der Waals surface area contributed by atoms with E-state index in [0.29, 0.717) is 6.54 Å². The molecule has 92 valence electrons. The van der Waals surface area contributed by atoms with E-state index in [1.165, 1.54) is 11.1 Å². The lowest BCUT2D eigenvalue weighted by atomic mass is 10.4. The molecule has 2 heterocycles. The average molecular weight is 259 g/mol. The number of rotatable bonds is 3. The number of amides is 1. The van der Waals surface area contributed by atoms with Gasteiger partial charge in [-0.05, 0) is 6.92 Å². The highest BCUT2D eigenvalue weighted by Gasteiger charge is 2.32. The maximum absolute atomic E-state index is 11.5. The maximum Gasteiger partial charge on any atom is 0.376 e. The standard InChI is InChI=1S/C10H11ClN2O4/c1-2-16-9(15)7-4-12-10(17-7)13-5-6(11)3-8(13)14/h4,6H,2-3,5H2,1H3. The Morgan fingerprint density at radius 1 is 1.76 bits per heavy atom. The molecule has 0 aliphatic carbocycles. The fourth-order valence-corrected chi connectivity index (χ4v) is 1.81. The van der Waals surface area contributed by atoms with Gasteiger partial charge in [-0.1, -0.05) is 0 Å². The predicted octanol–water partition coefficient (Wildman–Crippen LogP) is 1.20. The van der Waals surface area contributed by atoms with Crippen LogP contribution in [0, 0.1) is 0 Å². The summed E-state index contributed by atoms with van der Waals surface area (Å²) in [4.78, 5) is 28.0. The number of hydrogen-bond acceptors (Lipinski definition) is 5. The molecule has 0 saturated carbocycles. The van der Waals surface area contributed by atoms with Gasteiger partial charge in [0.25, 0.3) is 0 Å². The van der Waals surface area contributed by atoms with E-state index in [1.807, 2.05) is 0 Å². The van der Waals surface area contributed by atoms with E-state index in [0.717, 1.165) is 0 Å². The molecule has 1 fully saturated rings. The zero-order chi connectivity index (χ0) is 12.4. The van der Waals surface area contributed by atoms with Crippen molar-refractivity contribution in [2.45, 2.75) is 18.7 Å². The Bertz CT molecular complexity index is 445. The molecule has 1 saturated heterocycles. The highest BCUT2D eigenvalue weighted by molar-refractivity contribution is 6.24. The second kappa shape index (κ2) is 4.75. The van der Waals surface area contributed by atoms with Crippen molar-refractivity contribution in [2.75, 3.05) is 18.1 Å². The largest absolute Gasteiger partial charge is 0.460 e. The first-order valence-corrected chi connectivity index (χ1v) is 5.63. The molecule has 6 nitrogen and oxygen atoms in total. The van der Waals surface area contributed by atoms with Gasteiger partial charge in [0.2, 0.25) is 11.7 Å². The normalized spacial score (nSPS) is 19.8. The summed E-state index contributed by atoms with van der Waals surface area (Å²) in [5.74, 6) is -0.782. The number of oxazole rings is 1. The second-order valence-electron chi connectivity index (χ2n) is 3.53. The van der Waals surface area contributed by atoms with E-state index in [1.54, 1.807) is 6.92 Å². The number of halogens is 1. The number of alkyl halides is 1. The Morgan fingerprint density at radius 3 is 3.12 bits per heavy atom. The fraction of sp³-hybridized carbons (Fsp3) is 0.500. The molecule has 0 radical (unpaired) electrons. The number of ether oxygens (including phenoxy) is 1. The molecule has 0 bridgehead atoms. The molecule has 1 aliphatic rings. The Hall–Kier alpha value is -1.56. The minimum absolute atomic E-state index is 0.0207. The van der Waals surface area contributed by atoms with E-state index >= 15 is 0 Å². The molecule has 2 rings (SSSR count). The molecule has 1 aromatic heterocycles. The number of carbonyl (C=O) groups is 2. The van der Waals surface area contributed by atoms with Gasteiger partial charge in [0, 0.05) is 13.0 Å². The Kier molecular flexibility index (Phi) is 3.33. The van der Waals surface area contributed by atoms with Gasteiger partial charge in [-0.2, -0.15) is 0 Å². The lowest BCUT2D eigenvalue weighted by molar-refractivity contribution is -0.117. The Balaban J connectivity index is 2.13. The van der Waals surface area contributed by atoms with Crippen LogP contribution in [0.3, 0.4) is 0 Å². The zero-order valence-corrected chi connectivity index (χ0v) is 9.94. The molecule has 1 unspecified atom stereocenters. The third-order valence-electron chi connectivity index (χ3n) is 2.28. The fourth-order valence-electron chi connectivity index (χ4n) is 1.54. The van der Waals surface area contributed by atoms with Gasteiger partial charge in [0.15, 0.2) is 0 Å². The molecule has 1 amide bonds. The third-order valence-corrected chi connectivity index (χ3v) is 2.57. The molecule has 0 aromatic carbocycles. The second-order valence-corrected chi connectivity index (χ2v) is 4.15. The Morgan fingerprint density at radius 2 is 2.53 bits per heavy atom. The molecule has 1 aromatic rings. The number of nitrogens with zero attached hydrogens (tertiary/aromatic N) is 2. The number of carbonyl (C=O) groups excluding carboxylic acids is 2. The molecule has 1 atom stereocenters. The third kappa shape index (κ3) is 2.41. The quantitative estimate of drug-likeness (QED) is 0.602. The molecular formula is C10H11ClN2O4. The van der Waals surface area contributed by atoms with Gasteiger partial charge >= 0.3 is 12.0 Å². The van der Waals surface area contributed by atoms with E-state index in [-0.39, 0.29) is 36.1 Å². The minimum Gasteiger partial charge on any atom is -0.460 e. The van der Waals surface area contributed by atoms with E-state index in [4.69, 9.17) is 20.8 Å². The van der Waals surface area contributed by atoms with Gasteiger partial charge < -0.3 is 9.15 Å². The van der Waals surface area contributed by atoms with E-state index < -0.39 is 5.97 Å². The van der Waals surface area contributed by atoms with Crippen LogP contribution in [0.15, 0.2) is 10.6 Å². The van der Waals surface area contributed by atoms with Crippen LogP contribution in [0.2, 0.25) is 0 Å². The first-order valence-electron chi connectivity index (χ1n) is 5.19. The minimum atomic E-state index is -0.597. The predicted molar refractivity (Wildman–Crippen MR) is 59.1 cm³/mol. The highest BCUT2D eigenvalue weighted by atomic mass is 35.5. The SMILES string of the molecule is CCOC(=O)c1cnc(N2CC(Cl)CC2=O)o1. The van der Waals surface area contributed by atoms with Crippen LogP contribution in [-0.4, -0.2) is 35.4 Å². The summed E-state index contributed by atoms with van der Waals surface area (Å²) in [5, 5.41) is -0.250. The number of aromatic nitrogens is 1. The van der Waals surface area contributed by atoms with Crippen LogP contribution in [-0.2, 0) is 9.53 Å². The van der Waals surface area contributed by atoms with Crippen LogP contribution in [0.5, 0.6) is 0 Å².